The molecule has 0 saturated heterocycles. The van der Waals surface area contributed by atoms with E-state index in [1.165, 1.54) is 6.07 Å². The predicted octanol–water partition coefficient (Wildman–Crippen LogP) is 4.91. The lowest BCUT2D eigenvalue weighted by Crippen LogP contribution is -1.99. The molecule has 3 aromatic rings. The summed E-state index contributed by atoms with van der Waals surface area (Å²) < 4.78 is 15.7. The maximum Gasteiger partial charge on any atom is 0.144 e. The molecule has 0 aliphatic carbocycles. The van der Waals surface area contributed by atoms with Crippen molar-refractivity contribution < 1.29 is 4.39 Å². The van der Waals surface area contributed by atoms with Gasteiger partial charge in [0.2, 0.25) is 0 Å². The molecule has 0 N–H and O–H groups in total. The van der Waals surface area contributed by atoms with Crippen molar-refractivity contribution in [2.24, 2.45) is 0 Å². The monoisotopic (exact) mass is 288 g/mol. The van der Waals surface area contributed by atoms with Crippen molar-refractivity contribution in [3.8, 4) is 11.4 Å². The number of benzene rings is 2. The standard InChI is InChI=1S/C16H14ClFN2/c1-2-8-20-15-9-12(17)13(18)10-14(15)19-16(20)11-6-4-3-5-7-11/h3-7,9-10H,2,8H2,1H3. The first-order chi connectivity index (χ1) is 9.70. The average molecular weight is 289 g/mol. The Morgan fingerprint density at radius 1 is 1.20 bits per heavy atom. The number of fused-ring (bicyclic) bond motifs is 1. The Labute approximate surface area is 121 Å². The highest BCUT2D eigenvalue weighted by atomic mass is 35.5. The van der Waals surface area contributed by atoms with Crippen LogP contribution in [0.3, 0.4) is 0 Å². The second kappa shape index (κ2) is 5.25. The van der Waals surface area contributed by atoms with Gasteiger partial charge in [-0.1, -0.05) is 48.9 Å². The van der Waals surface area contributed by atoms with E-state index in [9.17, 15) is 4.39 Å². The van der Waals surface area contributed by atoms with Crippen LogP contribution in [0.1, 0.15) is 13.3 Å². The lowest BCUT2D eigenvalue weighted by Gasteiger charge is -2.07. The Hall–Kier alpha value is -1.87. The number of nitrogens with zero attached hydrogens (tertiary/aromatic N) is 2. The summed E-state index contributed by atoms with van der Waals surface area (Å²) in [6, 6.07) is 13.0. The molecule has 1 aromatic heterocycles. The van der Waals surface area contributed by atoms with Crippen molar-refractivity contribution in [1.29, 1.82) is 0 Å². The summed E-state index contributed by atoms with van der Waals surface area (Å²) in [7, 11) is 0. The molecule has 1 heterocycles. The molecule has 0 fully saturated rings. The van der Waals surface area contributed by atoms with Crippen molar-refractivity contribution in [3.63, 3.8) is 0 Å². The van der Waals surface area contributed by atoms with Crippen LogP contribution in [0.15, 0.2) is 42.5 Å². The van der Waals surface area contributed by atoms with Crippen LogP contribution in [-0.4, -0.2) is 9.55 Å². The van der Waals surface area contributed by atoms with E-state index >= 15 is 0 Å². The van der Waals surface area contributed by atoms with Crippen LogP contribution in [0.5, 0.6) is 0 Å². The molecule has 2 aromatic carbocycles. The quantitative estimate of drug-likeness (QED) is 0.670. The molecule has 0 unspecified atom stereocenters. The van der Waals surface area contributed by atoms with E-state index < -0.39 is 5.82 Å². The highest BCUT2D eigenvalue weighted by Gasteiger charge is 2.14. The molecular weight excluding hydrogens is 275 g/mol. The smallest absolute Gasteiger partial charge is 0.144 e. The Balaban J connectivity index is 2.28. The molecule has 20 heavy (non-hydrogen) atoms. The summed E-state index contributed by atoms with van der Waals surface area (Å²) in [6.45, 7) is 2.93. The van der Waals surface area contributed by atoms with Gasteiger partial charge in [-0.05, 0) is 12.5 Å². The minimum Gasteiger partial charge on any atom is -0.324 e. The minimum atomic E-state index is -0.431. The molecule has 0 radical (unpaired) electrons. The topological polar surface area (TPSA) is 17.8 Å². The summed E-state index contributed by atoms with van der Waals surface area (Å²) in [5.41, 5.74) is 2.53. The van der Waals surface area contributed by atoms with Gasteiger partial charge in [0.15, 0.2) is 0 Å². The number of halogens is 2. The minimum absolute atomic E-state index is 0.134. The molecule has 0 amide bonds. The van der Waals surface area contributed by atoms with Gasteiger partial charge in [-0.3, -0.25) is 0 Å². The van der Waals surface area contributed by atoms with Gasteiger partial charge in [0, 0.05) is 18.2 Å². The summed E-state index contributed by atoms with van der Waals surface area (Å²) in [5, 5.41) is 0.134. The molecule has 0 atom stereocenters. The van der Waals surface area contributed by atoms with E-state index in [1.54, 1.807) is 6.07 Å². The maximum absolute atomic E-state index is 13.6. The lowest BCUT2D eigenvalue weighted by atomic mass is 10.2. The number of hydrogen-bond donors (Lipinski definition) is 0. The van der Waals surface area contributed by atoms with Gasteiger partial charge in [0.25, 0.3) is 0 Å². The zero-order valence-corrected chi connectivity index (χ0v) is 11.9. The van der Waals surface area contributed by atoms with Gasteiger partial charge in [0.05, 0.1) is 16.1 Å². The number of aromatic nitrogens is 2. The van der Waals surface area contributed by atoms with Crippen molar-refractivity contribution in [3.05, 3.63) is 53.3 Å². The van der Waals surface area contributed by atoms with Crippen molar-refractivity contribution in [2.45, 2.75) is 19.9 Å². The number of hydrogen-bond acceptors (Lipinski definition) is 1. The highest BCUT2D eigenvalue weighted by molar-refractivity contribution is 6.31. The summed E-state index contributed by atoms with van der Waals surface area (Å²) in [6.07, 6.45) is 0.973. The molecule has 2 nitrogen and oxygen atoms in total. The van der Waals surface area contributed by atoms with Gasteiger partial charge in [-0.25, -0.2) is 9.37 Å². The van der Waals surface area contributed by atoms with Crippen LogP contribution in [-0.2, 0) is 6.54 Å². The van der Waals surface area contributed by atoms with Gasteiger partial charge >= 0.3 is 0 Å². The molecule has 0 bridgehead atoms. The molecule has 0 aliphatic rings. The number of imidazole rings is 1. The summed E-state index contributed by atoms with van der Waals surface area (Å²) in [4.78, 5) is 4.57. The largest absolute Gasteiger partial charge is 0.324 e. The van der Waals surface area contributed by atoms with E-state index in [0.29, 0.717) is 5.52 Å². The van der Waals surface area contributed by atoms with E-state index in [-0.39, 0.29) is 5.02 Å². The van der Waals surface area contributed by atoms with E-state index in [4.69, 9.17) is 11.6 Å². The van der Waals surface area contributed by atoms with E-state index in [0.717, 1.165) is 29.9 Å². The SMILES string of the molecule is CCCn1c(-c2ccccc2)nc2cc(F)c(Cl)cc21. The predicted molar refractivity (Wildman–Crippen MR) is 80.4 cm³/mol. The first-order valence-electron chi connectivity index (χ1n) is 6.61. The van der Waals surface area contributed by atoms with Crippen LogP contribution in [0.2, 0.25) is 5.02 Å². The summed E-state index contributed by atoms with van der Waals surface area (Å²) in [5.74, 6) is 0.420. The second-order valence-electron chi connectivity index (χ2n) is 4.71. The van der Waals surface area contributed by atoms with Gasteiger partial charge in [-0.2, -0.15) is 0 Å². The zero-order valence-electron chi connectivity index (χ0n) is 11.1. The Morgan fingerprint density at radius 2 is 1.95 bits per heavy atom. The fourth-order valence-corrected chi connectivity index (χ4v) is 2.54. The third-order valence-corrected chi connectivity index (χ3v) is 3.56. The lowest BCUT2D eigenvalue weighted by molar-refractivity contribution is 0.629. The Morgan fingerprint density at radius 3 is 2.65 bits per heavy atom. The van der Waals surface area contributed by atoms with Crippen LogP contribution in [0.4, 0.5) is 4.39 Å². The number of aryl methyl sites for hydroxylation is 1. The maximum atomic E-state index is 13.6. The molecular formula is C16H14ClFN2. The molecule has 102 valence electrons. The Kier molecular flexibility index (Phi) is 3.45. The van der Waals surface area contributed by atoms with E-state index in [2.05, 4.69) is 16.5 Å². The molecule has 0 saturated carbocycles. The van der Waals surface area contributed by atoms with E-state index in [1.807, 2.05) is 30.3 Å². The van der Waals surface area contributed by atoms with Crippen LogP contribution in [0, 0.1) is 5.82 Å². The van der Waals surface area contributed by atoms with Gasteiger partial charge < -0.3 is 4.57 Å². The fourth-order valence-electron chi connectivity index (χ4n) is 2.38. The van der Waals surface area contributed by atoms with Crippen LogP contribution >= 0.6 is 11.6 Å². The third-order valence-electron chi connectivity index (χ3n) is 3.27. The third kappa shape index (κ3) is 2.18. The van der Waals surface area contributed by atoms with Crippen molar-refractivity contribution in [2.75, 3.05) is 0 Å². The first kappa shape index (κ1) is 13.1. The number of rotatable bonds is 3. The van der Waals surface area contributed by atoms with Gasteiger partial charge in [0.1, 0.15) is 11.6 Å². The highest BCUT2D eigenvalue weighted by Crippen LogP contribution is 2.28. The summed E-state index contributed by atoms with van der Waals surface area (Å²) >= 11 is 5.90. The molecule has 0 spiro atoms. The average Bonchev–Trinajstić information content (AvgIpc) is 2.79. The van der Waals surface area contributed by atoms with Crippen LogP contribution in [0.25, 0.3) is 22.4 Å². The zero-order chi connectivity index (χ0) is 14.1. The fraction of sp³-hybridized carbons (Fsp3) is 0.188. The second-order valence-corrected chi connectivity index (χ2v) is 5.12. The molecule has 4 heteroatoms. The normalized spacial score (nSPS) is 11.2. The Bertz CT molecular complexity index is 750. The van der Waals surface area contributed by atoms with Crippen molar-refractivity contribution >= 4 is 22.6 Å². The molecule has 0 aliphatic heterocycles. The first-order valence-corrected chi connectivity index (χ1v) is 6.99. The van der Waals surface area contributed by atoms with Gasteiger partial charge in [-0.15, -0.1) is 0 Å². The van der Waals surface area contributed by atoms with Crippen molar-refractivity contribution in [1.82, 2.24) is 9.55 Å². The molecule has 3 rings (SSSR count). The van der Waals surface area contributed by atoms with Crippen LogP contribution < -0.4 is 0 Å².